The largest absolute Gasteiger partial charge is 0.465 e. The van der Waals surface area contributed by atoms with Crippen LogP contribution in [-0.2, 0) is 19.5 Å². The fraction of sp³-hybridized carbons (Fsp3) is 0.238. The Bertz CT molecular complexity index is 1030. The molecule has 1 aliphatic heterocycles. The molecular formula is C21H21NO6S. The van der Waals surface area contributed by atoms with Crippen molar-refractivity contribution >= 4 is 27.5 Å². The van der Waals surface area contributed by atoms with E-state index < -0.39 is 22.0 Å². The molecule has 29 heavy (non-hydrogen) atoms. The van der Waals surface area contributed by atoms with Gasteiger partial charge in [0.1, 0.15) is 0 Å². The molecule has 0 aromatic heterocycles. The predicted molar refractivity (Wildman–Crippen MR) is 107 cm³/mol. The van der Waals surface area contributed by atoms with Gasteiger partial charge in [0.2, 0.25) is 10.0 Å². The molecular weight excluding hydrogens is 394 g/mol. The van der Waals surface area contributed by atoms with Crippen molar-refractivity contribution in [2.75, 3.05) is 27.3 Å². The summed E-state index contributed by atoms with van der Waals surface area (Å²) in [5, 5.41) is 0. The van der Waals surface area contributed by atoms with Crippen LogP contribution in [0.2, 0.25) is 0 Å². The van der Waals surface area contributed by atoms with E-state index in [-0.39, 0.29) is 22.6 Å². The summed E-state index contributed by atoms with van der Waals surface area (Å²) >= 11 is 0. The molecule has 1 aliphatic rings. The van der Waals surface area contributed by atoms with Crippen molar-refractivity contribution in [1.82, 2.24) is 4.31 Å². The van der Waals surface area contributed by atoms with E-state index in [2.05, 4.69) is 9.47 Å². The van der Waals surface area contributed by atoms with E-state index in [1.54, 1.807) is 0 Å². The summed E-state index contributed by atoms with van der Waals surface area (Å²) in [7, 11) is -1.56. The van der Waals surface area contributed by atoms with Crippen LogP contribution in [0.25, 0.3) is 5.57 Å². The van der Waals surface area contributed by atoms with Gasteiger partial charge in [-0.25, -0.2) is 18.0 Å². The topological polar surface area (TPSA) is 90.0 Å². The molecule has 7 nitrogen and oxygen atoms in total. The van der Waals surface area contributed by atoms with Crippen molar-refractivity contribution in [3.05, 3.63) is 71.3 Å². The number of hydrogen-bond donors (Lipinski definition) is 0. The van der Waals surface area contributed by atoms with Crippen LogP contribution in [0, 0.1) is 0 Å². The fourth-order valence-corrected chi connectivity index (χ4v) is 4.60. The van der Waals surface area contributed by atoms with Gasteiger partial charge in [-0.05, 0) is 35.8 Å². The number of ether oxygens (including phenoxy) is 2. The maximum Gasteiger partial charge on any atom is 0.337 e. The molecule has 0 fully saturated rings. The van der Waals surface area contributed by atoms with E-state index >= 15 is 0 Å². The van der Waals surface area contributed by atoms with E-state index in [9.17, 15) is 18.0 Å². The zero-order chi connectivity index (χ0) is 21.0. The molecule has 152 valence electrons. The van der Waals surface area contributed by atoms with E-state index in [1.165, 1.54) is 36.7 Å². The molecule has 0 radical (unpaired) electrons. The Morgan fingerprint density at radius 2 is 1.52 bits per heavy atom. The minimum absolute atomic E-state index is 0.0356. The van der Waals surface area contributed by atoms with E-state index in [4.69, 9.17) is 0 Å². The van der Waals surface area contributed by atoms with Gasteiger partial charge in [0, 0.05) is 13.1 Å². The van der Waals surface area contributed by atoms with Gasteiger partial charge < -0.3 is 9.47 Å². The van der Waals surface area contributed by atoms with Crippen molar-refractivity contribution in [2.24, 2.45) is 0 Å². The summed E-state index contributed by atoms with van der Waals surface area (Å²) in [5.74, 6) is -1.48. The maximum atomic E-state index is 13.1. The Kier molecular flexibility index (Phi) is 6.14. The van der Waals surface area contributed by atoms with Crippen LogP contribution in [0.3, 0.4) is 0 Å². The van der Waals surface area contributed by atoms with Crippen molar-refractivity contribution in [3.8, 4) is 0 Å². The Morgan fingerprint density at radius 3 is 2.00 bits per heavy atom. The first-order valence-corrected chi connectivity index (χ1v) is 10.4. The van der Waals surface area contributed by atoms with Crippen molar-refractivity contribution in [3.63, 3.8) is 0 Å². The molecule has 0 N–H and O–H groups in total. The molecule has 0 atom stereocenters. The van der Waals surface area contributed by atoms with Crippen LogP contribution < -0.4 is 0 Å². The van der Waals surface area contributed by atoms with Crippen LogP contribution in [0.4, 0.5) is 0 Å². The second-order valence-corrected chi connectivity index (χ2v) is 8.38. The second-order valence-electron chi connectivity index (χ2n) is 6.44. The molecule has 8 heteroatoms. The molecule has 0 amide bonds. The molecule has 0 bridgehead atoms. The average molecular weight is 415 g/mol. The number of esters is 2. The Labute approximate surface area is 169 Å². The Balaban J connectivity index is 1.94. The summed E-state index contributed by atoms with van der Waals surface area (Å²) in [5.41, 5.74) is 2.07. The van der Waals surface area contributed by atoms with Crippen LogP contribution in [0.15, 0.2) is 59.5 Å². The number of sulfonamides is 1. The lowest BCUT2D eigenvalue weighted by Gasteiger charge is -2.26. The van der Waals surface area contributed by atoms with Gasteiger partial charge in [0.15, 0.2) is 0 Å². The lowest BCUT2D eigenvalue weighted by molar-refractivity contribution is 0.0598. The minimum atomic E-state index is -3.92. The summed E-state index contributed by atoms with van der Waals surface area (Å²) in [4.78, 5) is 23.7. The Morgan fingerprint density at radius 1 is 0.931 bits per heavy atom. The highest BCUT2D eigenvalue weighted by Gasteiger charge is 2.28. The third-order valence-electron chi connectivity index (χ3n) is 4.70. The molecule has 0 spiro atoms. The number of rotatable bonds is 5. The van der Waals surface area contributed by atoms with Crippen molar-refractivity contribution in [1.29, 1.82) is 0 Å². The summed E-state index contributed by atoms with van der Waals surface area (Å²) < 4.78 is 37.0. The summed E-state index contributed by atoms with van der Waals surface area (Å²) in [6.07, 6.45) is 2.44. The minimum Gasteiger partial charge on any atom is -0.465 e. The van der Waals surface area contributed by atoms with Crippen LogP contribution in [-0.4, -0.2) is 52.0 Å². The fourth-order valence-electron chi connectivity index (χ4n) is 3.15. The van der Waals surface area contributed by atoms with Crippen LogP contribution >= 0.6 is 0 Å². The molecule has 0 saturated carbocycles. The highest BCUT2D eigenvalue weighted by atomic mass is 32.2. The van der Waals surface area contributed by atoms with Crippen LogP contribution in [0.5, 0.6) is 0 Å². The van der Waals surface area contributed by atoms with Gasteiger partial charge in [0.25, 0.3) is 0 Å². The first-order chi connectivity index (χ1) is 13.9. The molecule has 1 heterocycles. The normalized spacial score (nSPS) is 14.8. The first-order valence-electron chi connectivity index (χ1n) is 8.93. The van der Waals surface area contributed by atoms with Gasteiger partial charge >= 0.3 is 11.9 Å². The molecule has 2 aromatic rings. The van der Waals surface area contributed by atoms with Gasteiger partial charge in [-0.3, -0.25) is 0 Å². The molecule has 0 aliphatic carbocycles. The smallest absolute Gasteiger partial charge is 0.337 e. The predicted octanol–water partition coefficient (Wildman–Crippen LogP) is 2.74. The van der Waals surface area contributed by atoms with E-state index in [0.29, 0.717) is 13.0 Å². The van der Waals surface area contributed by atoms with Crippen molar-refractivity contribution in [2.45, 2.75) is 11.3 Å². The van der Waals surface area contributed by atoms with E-state index in [1.807, 2.05) is 36.4 Å². The highest BCUT2D eigenvalue weighted by Crippen LogP contribution is 2.27. The lowest BCUT2D eigenvalue weighted by Crippen LogP contribution is -2.35. The summed E-state index contributed by atoms with van der Waals surface area (Å²) in [6, 6.07) is 13.4. The molecule has 0 unspecified atom stereocenters. The zero-order valence-corrected chi connectivity index (χ0v) is 16.9. The number of carbonyl (C=O) groups is 2. The SMILES string of the molecule is COC(=O)c1cc(C(=O)OC)cc(S(=O)(=O)N2CC=C(c3ccccc3)CC2)c1. The van der Waals surface area contributed by atoms with Gasteiger partial charge in [0.05, 0.1) is 30.2 Å². The van der Waals surface area contributed by atoms with E-state index in [0.717, 1.165) is 11.1 Å². The van der Waals surface area contributed by atoms with Gasteiger partial charge in [-0.15, -0.1) is 0 Å². The summed E-state index contributed by atoms with van der Waals surface area (Å²) in [6.45, 7) is 0.488. The maximum absolute atomic E-state index is 13.1. The van der Waals surface area contributed by atoms with Gasteiger partial charge in [-0.2, -0.15) is 4.31 Å². The highest BCUT2D eigenvalue weighted by molar-refractivity contribution is 7.89. The third kappa shape index (κ3) is 4.38. The van der Waals surface area contributed by atoms with Gasteiger partial charge in [-0.1, -0.05) is 36.4 Å². The van der Waals surface area contributed by atoms with Crippen molar-refractivity contribution < 1.29 is 27.5 Å². The number of methoxy groups -OCH3 is 2. The Hall–Kier alpha value is -2.97. The molecule has 2 aromatic carbocycles. The van der Waals surface area contributed by atoms with Crippen LogP contribution in [0.1, 0.15) is 32.7 Å². The number of benzene rings is 2. The molecule has 3 rings (SSSR count). The second kappa shape index (κ2) is 8.59. The number of carbonyl (C=O) groups excluding carboxylic acids is 2. The lowest BCUT2D eigenvalue weighted by atomic mass is 10.0. The average Bonchev–Trinajstić information content (AvgIpc) is 2.78. The first kappa shape index (κ1) is 20.8. The standard InChI is InChI=1S/C21H21NO6S/c1-27-20(23)17-12-18(21(24)28-2)14-19(13-17)29(25,26)22-10-8-16(9-11-22)15-6-4-3-5-7-15/h3-8,12-14H,9-11H2,1-2H3. The quantitative estimate of drug-likeness (QED) is 0.698. The third-order valence-corrected chi connectivity index (χ3v) is 6.55. The zero-order valence-electron chi connectivity index (χ0n) is 16.1. The number of hydrogen-bond acceptors (Lipinski definition) is 6. The monoisotopic (exact) mass is 415 g/mol. The molecule has 0 saturated heterocycles. The number of nitrogens with zero attached hydrogens (tertiary/aromatic N) is 1.